The van der Waals surface area contributed by atoms with E-state index in [0.29, 0.717) is 17.4 Å². The van der Waals surface area contributed by atoms with E-state index in [4.69, 9.17) is 0 Å². The Kier molecular flexibility index (Phi) is 3.59. The molecule has 6 heteroatoms. The maximum Gasteiger partial charge on any atom is 0.241 e. The van der Waals surface area contributed by atoms with Crippen LogP contribution in [-0.4, -0.2) is 25.8 Å². The van der Waals surface area contributed by atoms with Crippen molar-refractivity contribution >= 4 is 17.3 Å². The Morgan fingerprint density at radius 3 is 2.29 bits per heavy atom. The number of hydrogen-bond acceptors (Lipinski definition) is 5. The highest BCUT2D eigenvalue weighted by Gasteiger charge is 2.44. The minimum atomic E-state index is -0.606. The molecule has 2 aliphatic rings. The molecule has 1 aliphatic heterocycles. The number of carbonyl (C=O) groups excluding carboxylic acids is 1. The van der Waals surface area contributed by atoms with Gasteiger partial charge in [-0.15, -0.1) is 0 Å². The van der Waals surface area contributed by atoms with Gasteiger partial charge in [-0.2, -0.15) is 0 Å². The molecule has 1 amide bonds. The first kappa shape index (κ1) is 17.0. The summed E-state index contributed by atoms with van der Waals surface area (Å²) in [5.74, 6) is 2.16. The lowest BCUT2D eigenvalue weighted by Gasteiger charge is -2.20. The topological polar surface area (TPSA) is 71.9 Å². The van der Waals surface area contributed by atoms with Crippen LogP contribution in [0.3, 0.4) is 0 Å². The van der Waals surface area contributed by atoms with Crippen LogP contribution in [0.2, 0.25) is 0 Å². The summed E-state index contributed by atoms with van der Waals surface area (Å²) in [5.41, 5.74) is 3.88. The Morgan fingerprint density at radius 1 is 0.964 bits per heavy atom. The van der Waals surface area contributed by atoms with Gasteiger partial charge in [0.05, 0.1) is 29.2 Å². The summed E-state index contributed by atoms with van der Waals surface area (Å²) in [7, 11) is 0. The second-order valence-electron chi connectivity index (χ2n) is 8.09. The van der Waals surface area contributed by atoms with Crippen LogP contribution in [0.5, 0.6) is 0 Å². The van der Waals surface area contributed by atoms with E-state index in [1.165, 1.54) is 12.8 Å². The van der Waals surface area contributed by atoms with Gasteiger partial charge in [0, 0.05) is 23.9 Å². The molecule has 6 nitrogen and oxygen atoms in total. The Labute approximate surface area is 163 Å². The number of aromatic nitrogens is 4. The first-order valence-corrected chi connectivity index (χ1v) is 9.55. The average molecular weight is 371 g/mol. The van der Waals surface area contributed by atoms with Crippen LogP contribution >= 0.6 is 0 Å². The molecule has 1 fully saturated rings. The molecule has 1 aliphatic carbocycles. The Hall–Kier alpha value is -3.15. The molecule has 3 aromatic rings. The quantitative estimate of drug-likeness (QED) is 0.694. The van der Waals surface area contributed by atoms with Gasteiger partial charge in [-0.1, -0.05) is 12.1 Å². The van der Waals surface area contributed by atoms with Crippen LogP contribution < -0.4 is 4.90 Å². The summed E-state index contributed by atoms with van der Waals surface area (Å²) >= 11 is 0. The number of fused-ring (bicyclic) bond motifs is 1. The molecule has 0 saturated heterocycles. The van der Waals surface area contributed by atoms with Gasteiger partial charge in [0.25, 0.3) is 0 Å². The second-order valence-corrected chi connectivity index (χ2v) is 8.09. The number of carbonyl (C=O) groups is 1. The van der Waals surface area contributed by atoms with Crippen LogP contribution in [0.25, 0.3) is 11.1 Å². The molecule has 0 atom stereocenters. The lowest BCUT2D eigenvalue weighted by atomic mass is 9.85. The summed E-state index contributed by atoms with van der Waals surface area (Å²) < 4.78 is 0. The highest BCUT2D eigenvalue weighted by molar-refractivity contribution is 6.12. The molecule has 5 rings (SSSR count). The van der Waals surface area contributed by atoms with E-state index in [1.807, 2.05) is 51.4 Å². The fourth-order valence-corrected chi connectivity index (χ4v) is 3.73. The zero-order valence-corrected chi connectivity index (χ0v) is 16.2. The number of benzene rings is 1. The van der Waals surface area contributed by atoms with E-state index in [0.717, 1.165) is 28.2 Å². The summed E-state index contributed by atoms with van der Waals surface area (Å²) in [5, 5.41) is 0. The normalized spacial score (nSPS) is 17.7. The van der Waals surface area contributed by atoms with Crippen molar-refractivity contribution in [1.82, 2.24) is 19.9 Å². The molecular formula is C22H21N5O. The average Bonchev–Trinajstić information content (AvgIpc) is 3.52. The van der Waals surface area contributed by atoms with Crippen molar-refractivity contribution < 1.29 is 4.79 Å². The van der Waals surface area contributed by atoms with Gasteiger partial charge in [0.15, 0.2) is 0 Å². The summed E-state index contributed by atoms with van der Waals surface area (Å²) in [4.78, 5) is 32.5. The number of anilines is 2. The number of rotatable bonds is 3. The van der Waals surface area contributed by atoms with Crippen molar-refractivity contribution in [3.8, 4) is 11.1 Å². The van der Waals surface area contributed by atoms with Crippen molar-refractivity contribution in [3.05, 3.63) is 60.2 Å². The van der Waals surface area contributed by atoms with Gasteiger partial charge >= 0.3 is 0 Å². The molecule has 3 heterocycles. The third-order valence-electron chi connectivity index (χ3n) is 5.62. The van der Waals surface area contributed by atoms with Gasteiger partial charge in [0.1, 0.15) is 11.6 Å². The Bertz CT molecular complexity index is 1070. The maximum absolute atomic E-state index is 13.2. The summed E-state index contributed by atoms with van der Waals surface area (Å²) in [6.45, 7) is 5.74. The minimum Gasteiger partial charge on any atom is -0.277 e. The van der Waals surface area contributed by atoms with Gasteiger partial charge in [-0.05, 0) is 50.8 Å². The maximum atomic E-state index is 13.2. The van der Waals surface area contributed by atoms with E-state index in [-0.39, 0.29) is 5.91 Å². The highest BCUT2D eigenvalue weighted by Crippen LogP contribution is 2.46. The fourth-order valence-electron chi connectivity index (χ4n) is 3.73. The summed E-state index contributed by atoms with van der Waals surface area (Å²) in [6.07, 6.45) is 9.52. The molecule has 28 heavy (non-hydrogen) atoms. The van der Waals surface area contributed by atoms with Crippen LogP contribution in [-0.2, 0) is 10.2 Å². The van der Waals surface area contributed by atoms with Gasteiger partial charge in [-0.25, -0.2) is 19.9 Å². The summed E-state index contributed by atoms with van der Waals surface area (Å²) in [6, 6.07) is 6.11. The fraction of sp³-hybridized carbons (Fsp3) is 0.318. The van der Waals surface area contributed by atoms with Crippen molar-refractivity contribution in [1.29, 1.82) is 0 Å². The van der Waals surface area contributed by atoms with Crippen molar-refractivity contribution in [2.24, 2.45) is 0 Å². The van der Waals surface area contributed by atoms with Crippen molar-refractivity contribution in [2.75, 3.05) is 4.90 Å². The molecule has 1 aromatic carbocycles. The predicted octanol–water partition coefficient (Wildman–Crippen LogP) is 4.08. The molecule has 0 bridgehead atoms. The molecule has 0 N–H and O–H groups in total. The van der Waals surface area contributed by atoms with Gasteiger partial charge < -0.3 is 0 Å². The first-order valence-electron chi connectivity index (χ1n) is 9.55. The van der Waals surface area contributed by atoms with E-state index < -0.39 is 5.41 Å². The Balaban J connectivity index is 1.59. The third kappa shape index (κ3) is 2.59. The van der Waals surface area contributed by atoms with Gasteiger partial charge in [-0.3, -0.25) is 9.69 Å². The van der Waals surface area contributed by atoms with E-state index in [1.54, 1.807) is 17.3 Å². The lowest BCUT2D eigenvalue weighted by Crippen LogP contribution is -2.33. The Morgan fingerprint density at radius 2 is 1.64 bits per heavy atom. The van der Waals surface area contributed by atoms with E-state index >= 15 is 0 Å². The van der Waals surface area contributed by atoms with Crippen LogP contribution in [0.15, 0.2) is 43.0 Å². The minimum absolute atomic E-state index is 0.0208. The third-order valence-corrected chi connectivity index (χ3v) is 5.62. The van der Waals surface area contributed by atoms with E-state index in [9.17, 15) is 4.79 Å². The molecule has 1 saturated carbocycles. The largest absolute Gasteiger partial charge is 0.277 e. The van der Waals surface area contributed by atoms with Crippen molar-refractivity contribution in [3.63, 3.8) is 0 Å². The smallest absolute Gasteiger partial charge is 0.241 e. The zero-order valence-electron chi connectivity index (χ0n) is 16.2. The predicted molar refractivity (Wildman–Crippen MR) is 106 cm³/mol. The molecule has 140 valence electrons. The molecule has 0 radical (unpaired) electrons. The second kappa shape index (κ2) is 5.92. The van der Waals surface area contributed by atoms with Gasteiger partial charge in [0.2, 0.25) is 5.91 Å². The van der Waals surface area contributed by atoms with E-state index in [2.05, 4.69) is 19.9 Å². The lowest BCUT2D eigenvalue weighted by molar-refractivity contribution is -0.121. The standard InChI is InChI=1S/C22H21N5O/c1-13-23-11-17(12-24-13)27-19-8-15(6-7-18(19)22(2,3)21(27)28)16-9-25-20(26-10-16)14-4-5-14/h6-12,14H,4-5H2,1-3H3. The van der Waals surface area contributed by atoms with Crippen LogP contribution in [0.1, 0.15) is 49.8 Å². The number of amides is 1. The molecule has 0 spiro atoms. The number of nitrogens with zero attached hydrogens (tertiary/aromatic N) is 5. The van der Waals surface area contributed by atoms with Crippen molar-refractivity contribution in [2.45, 2.75) is 44.9 Å². The first-order chi connectivity index (χ1) is 13.4. The molecule has 2 aromatic heterocycles. The number of aryl methyl sites for hydroxylation is 1. The van der Waals surface area contributed by atoms with Crippen LogP contribution in [0, 0.1) is 6.92 Å². The monoisotopic (exact) mass is 371 g/mol. The number of hydrogen-bond donors (Lipinski definition) is 0. The molecular weight excluding hydrogens is 350 g/mol. The SMILES string of the molecule is Cc1ncc(N2C(=O)C(C)(C)c3ccc(-c4cnc(C5CC5)nc4)cc32)cn1. The van der Waals surface area contributed by atoms with Crippen LogP contribution in [0.4, 0.5) is 11.4 Å². The zero-order chi connectivity index (χ0) is 19.5. The molecule has 0 unspecified atom stereocenters. The highest BCUT2D eigenvalue weighted by atomic mass is 16.2.